The van der Waals surface area contributed by atoms with Gasteiger partial charge in [0.1, 0.15) is 11.0 Å². The van der Waals surface area contributed by atoms with Crippen LogP contribution in [0.3, 0.4) is 0 Å². The van der Waals surface area contributed by atoms with E-state index in [1.165, 1.54) is 19.2 Å². The van der Waals surface area contributed by atoms with E-state index in [1.54, 1.807) is 16.7 Å². The van der Waals surface area contributed by atoms with Gasteiger partial charge in [0.25, 0.3) is 5.91 Å². The van der Waals surface area contributed by atoms with Gasteiger partial charge in [0.15, 0.2) is 5.75 Å². The van der Waals surface area contributed by atoms with Crippen molar-refractivity contribution in [2.75, 3.05) is 26.0 Å². The molecule has 1 aliphatic heterocycles. The number of carbonyl (C=O) groups is 1. The van der Waals surface area contributed by atoms with Crippen molar-refractivity contribution in [1.29, 1.82) is 0 Å². The van der Waals surface area contributed by atoms with Crippen LogP contribution >= 0.6 is 11.8 Å². The van der Waals surface area contributed by atoms with Crippen LogP contribution < -0.4 is 4.74 Å². The van der Waals surface area contributed by atoms with Gasteiger partial charge in [-0.3, -0.25) is 14.9 Å². The van der Waals surface area contributed by atoms with Crippen LogP contribution in [0.2, 0.25) is 0 Å². The van der Waals surface area contributed by atoms with Crippen LogP contribution in [0.5, 0.6) is 11.5 Å². The normalized spacial score (nSPS) is 18.0. The van der Waals surface area contributed by atoms with Crippen LogP contribution in [0, 0.1) is 10.1 Å². The van der Waals surface area contributed by atoms with Crippen molar-refractivity contribution in [3.05, 3.63) is 27.8 Å². The first-order valence-electron chi connectivity index (χ1n) is 8.54. The number of nitrogens with zero attached hydrogens (tertiary/aromatic N) is 2. The third-order valence-electron chi connectivity index (χ3n) is 4.26. The number of nitro benzene ring substituents is 1. The largest absolute Gasteiger partial charge is 0.504 e. The van der Waals surface area contributed by atoms with Gasteiger partial charge in [0, 0.05) is 13.2 Å². The number of ether oxygens (including phenoxy) is 2. The molecule has 9 heteroatoms. The second kappa shape index (κ2) is 9.09. The zero-order valence-electron chi connectivity index (χ0n) is 15.1. The number of methoxy groups -OCH3 is 1. The number of aromatic hydroxyl groups is 1. The average Bonchev–Trinajstić information content (AvgIpc) is 3.10. The molecule has 144 valence electrons. The Hall–Kier alpha value is -2.00. The predicted molar refractivity (Wildman–Crippen MR) is 98.9 cm³/mol. The lowest BCUT2D eigenvalue weighted by Gasteiger charge is -2.31. The minimum absolute atomic E-state index is 0.0895. The van der Waals surface area contributed by atoms with Crippen LogP contribution in [0.4, 0.5) is 5.69 Å². The van der Waals surface area contributed by atoms with Crippen molar-refractivity contribution >= 4 is 23.4 Å². The van der Waals surface area contributed by atoms with Gasteiger partial charge in [-0.1, -0.05) is 6.92 Å². The predicted octanol–water partition coefficient (Wildman–Crippen LogP) is 3.03. The molecule has 0 aliphatic carbocycles. The van der Waals surface area contributed by atoms with Crippen LogP contribution in [-0.2, 0) is 4.74 Å². The maximum Gasteiger partial charge on any atom is 0.327 e. The van der Waals surface area contributed by atoms with E-state index < -0.39 is 16.5 Å². The van der Waals surface area contributed by atoms with Gasteiger partial charge in [-0.2, -0.15) is 0 Å². The molecule has 2 atom stereocenters. The Bertz CT molecular complexity index is 663. The minimum atomic E-state index is -0.697. The molecule has 0 bridgehead atoms. The highest BCUT2D eigenvalue weighted by molar-refractivity contribution is 7.99. The van der Waals surface area contributed by atoms with Crippen LogP contribution in [-0.4, -0.2) is 58.3 Å². The number of phenolic OH excluding ortho intramolecular Hbond substituents is 1. The summed E-state index contributed by atoms with van der Waals surface area (Å²) in [4.78, 5) is 25.5. The number of hydrogen-bond donors (Lipinski definition) is 1. The molecule has 1 aliphatic rings. The molecule has 1 saturated heterocycles. The summed E-state index contributed by atoms with van der Waals surface area (Å²) in [5.74, 6) is -0.279. The van der Waals surface area contributed by atoms with Crippen molar-refractivity contribution < 1.29 is 24.3 Å². The van der Waals surface area contributed by atoms with E-state index in [9.17, 15) is 20.0 Å². The molecule has 2 rings (SSSR count). The molecule has 1 heterocycles. The van der Waals surface area contributed by atoms with Gasteiger partial charge in [0.2, 0.25) is 5.75 Å². The Morgan fingerprint density at radius 3 is 2.81 bits per heavy atom. The number of amides is 1. The van der Waals surface area contributed by atoms with E-state index in [1.807, 2.05) is 13.8 Å². The number of carbonyl (C=O) groups excluding carboxylic acids is 1. The fourth-order valence-electron chi connectivity index (χ4n) is 3.20. The van der Waals surface area contributed by atoms with Crippen LogP contribution in [0.25, 0.3) is 0 Å². The molecular weight excluding hydrogens is 360 g/mol. The zero-order valence-corrected chi connectivity index (χ0v) is 16.0. The van der Waals surface area contributed by atoms with Crippen LogP contribution in [0.15, 0.2) is 12.1 Å². The Kier molecular flexibility index (Phi) is 7.10. The maximum absolute atomic E-state index is 13.1. The molecule has 26 heavy (non-hydrogen) atoms. The lowest BCUT2D eigenvalue weighted by atomic mass is 10.1. The Balaban J connectivity index is 2.40. The number of likely N-dealkylation sites (tertiary alicyclic amines) is 1. The highest BCUT2D eigenvalue weighted by Crippen LogP contribution is 2.40. The molecule has 0 spiro atoms. The molecule has 0 aromatic heterocycles. The lowest BCUT2D eigenvalue weighted by molar-refractivity contribution is -0.386. The van der Waals surface area contributed by atoms with E-state index in [0.29, 0.717) is 13.2 Å². The Labute approximate surface area is 156 Å². The summed E-state index contributed by atoms with van der Waals surface area (Å²) in [7, 11) is 1.22. The SMILES string of the molecule is CCOC(SCC)[C@@H]1CCCN1C(=O)c1ccc(O)c(OC)c1[N+](=O)[O-]. The van der Waals surface area contributed by atoms with Crippen molar-refractivity contribution in [3.8, 4) is 11.5 Å². The van der Waals surface area contributed by atoms with Gasteiger partial charge >= 0.3 is 5.69 Å². The number of rotatable bonds is 8. The average molecular weight is 384 g/mol. The number of thioether (sulfide) groups is 1. The molecule has 0 saturated carbocycles. The molecular formula is C17H24N2O6S. The van der Waals surface area contributed by atoms with Crippen LogP contribution in [0.1, 0.15) is 37.0 Å². The Morgan fingerprint density at radius 2 is 2.23 bits per heavy atom. The molecule has 1 fully saturated rings. The maximum atomic E-state index is 13.1. The van der Waals surface area contributed by atoms with Gasteiger partial charge in [-0.15, -0.1) is 11.8 Å². The van der Waals surface area contributed by atoms with Crippen molar-refractivity contribution in [3.63, 3.8) is 0 Å². The fraction of sp³-hybridized carbons (Fsp3) is 0.588. The molecule has 1 N–H and O–H groups in total. The van der Waals surface area contributed by atoms with Gasteiger partial charge in [-0.25, -0.2) is 0 Å². The Morgan fingerprint density at radius 1 is 1.50 bits per heavy atom. The smallest absolute Gasteiger partial charge is 0.327 e. The highest BCUT2D eigenvalue weighted by Gasteiger charge is 2.39. The first kappa shape index (κ1) is 20.3. The molecule has 1 amide bonds. The summed E-state index contributed by atoms with van der Waals surface area (Å²) in [6.07, 6.45) is 1.60. The van der Waals surface area contributed by atoms with Crippen molar-refractivity contribution in [1.82, 2.24) is 4.90 Å². The van der Waals surface area contributed by atoms with Gasteiger partial charge < -0.3 is 19.5 Å². The molecule has 0 radical (unpaired) electrons. The highest BCUT2D eigenvalue weighted by atomic mass is 32.2. The lowest BCUT2D eigenvalue weighted by Crippen LogP contribution is -2.43. The number of phenols is 1. The summed E-state index contributed by atoms with van der Waals surface area (Å²) in [5, 5.41) is 21.3. The zero-order chi connectivity index (χ0) is 19.3. The molecule has 8 nitrogen and oxygen atoms in total. The van der Waals surface area contributed by atoms with E-state index in [4.69, 9.17) is 9.47 Å². The summed E-state index contributed by atoms with van der Waals surface area (Å²) in [6.45, 7) is 4.97. The second-order valence-electron chi connectivity index (χ2n) is 5.76. The molecule has 1 aromatic carbocycles. The monoisotopic (exact) mass is 384 g/mol. The van der Waals surface area contributed by atoms with Gasteiger partial charge in [0.05, 0.1) is 18.1 Å². The number of benzene rings is 1. The van der Waals surface area contributed by atoms with E-state index in [0.717, 1.165) is 18.6 Å². The summed E-state index contributed by atoms with van der Waals surface area (Å²) in [6, 6.07) is 2.37. The summed E-state index contributed by atoms with van der Waals surface area (Å²) in [5.41, 5.74) is -0.776. The molecule has 1 unspecified atom stereocenters. The second-order valence-corrected chi connectivity index (χ2v) is 7.13. The first-order chi connectivity index (χ1) is 12.5. The number of nitro groups is 1. The van der Waals surface area contributed by atoms with E-state index >= 15 is 0 Å². The van der Waals surface area contributed by atoms with E-state index in [2.05, 4.69) is 0 Å². The molecule has 1 aromatic rings. The van der Waals surface area contributed by atoms with Crippen molar-refractivity contribution in [2.45, 2.75) is 38.2 Å². The standard InChI is InChI=1S/C17H24N2O6S/c1-4-25-17(26-5-2)12-7-6-10-18(12)16(21)11-8-9-13(20)15(24-3)14(11)19(22)23/h8-9,12,17,20H,4-7,10H2,1-3H3/t12-,17?/m0/s1. The minimum Gasteiger partial charge on any atom is -0.504 e. The quantitative estimate of drug-likeness (QED) is 0.417. The summed E-state index contributed by atoms with van der Waals surface area (Å²) >= 11 is 1.62. The summed E-state index contributed by atoms with van der Waals surface area (Å²) < 4.78 is 10.7. The van der Waals surface area contributed by atoms with E-state index in [-0.39, 0.29) is 28.5 Å². The first-order valence-corrected chi connectivity index (χ1v) is 9.59. The number of hydrogen-bond acceptors (Lipinski definition) is 7. The van der Waals surface area contributed by atoms with Gasteiger partial charge in [-0.05, 0) is 37.7 Å². The fourth-order valence-corrected chi connectivity index (χ4v) is 4.26. The van der Waals surface area contributed by atoms with Crippen molar-refractivity contribution in [2.24, 2.45) is 0 Å². The topological polar surface area (TPSA) is 102 Å². The third-order valence-corrected chi connectivity index (χ3v) is 5.38. The third kappa shape index (κ3) is 4.04.